The minimum atomic E-state index is 0.0485. The van der Waals surface area contributed by atoms with E-state index in [4.69, 9.17) is 4.98 Å². The smallest absolute Gasteiger partial charge is 0.179 e. The number of aromatic nitrogens is 3. The Hall–Kier alpha value is -3.51. The van der Waals surface area contributed by atoms with Gasteiger partial charge in [-0.3, -0.25) is 14.7 Å². The van der Waals surface area contributed by atoms with Crippen LogP contribution < -0.4 is 4.90 Å². The summed E-state index contributed by atoms with van der Waals surface area (Å²) in [6.45, 7) is 8.92. The van der Waals surface area contributed by atoms with Crippen LogP contribution in [0.25, 0.3) is 16.6 Å². The number of imidazole rings is 1. The first-order chi connectivity index (χ1) is 17.1. The Kier molecular flexibility index (Phi) is 5.61. The molecule has 6 nitrogen and oxygen atoms in total. The molecule has 6 rings (SSSR count). The zero-order valence-electron chi connectivity index (χ0n) is 20.5. The lowest BCUT2D eigenvalue weighted by molar-refractivity contribution is 0.101. The Balaban J connectivity index is 1.13. The predicted octanol–water partition coefficient (Wildman–Crippen LogP) is 4.39. The third-order valence-corrected chi connectivity index (χ3v) is 7.58. The molecule has 0 radical (unpaired) electrons. The third-order valence-electron chi connectivity index (χ3n) is 7.58. The molecule has 0 N–H and O–H groups in total. The second kappa shape index (κ2) is 8.93. The number of Topliss-reactive ketones (excluding diaryl/α,β-unsaturated/α-hetero) is 1. The molecule has 0 spiro atoms. The van der Waals surface area contributed by atoms with Crippen LogP contribution in [0.4, 0.5) is 5.69 Å². The number of carbonyl (C=O) groups is 1. The Morgan fingerprint density at radius 2 is 1.74 bits per heavy atom. The summed E-state index contributed by atoms with van der Waals surface area (Å²) >= 11 is 0. The number of benzene rings is 2. The molecule has 1 saturated heterocycles. The third kappa shape index (κ3) is 4.02. The van der Waals surface area contributed by atoms with Crippen molar-refractivity contribution in [2.45, 2.75) is 33.1 Å². The highest BCUT2D eigenvalue weighted by atomic mass is 16.1. The summed E-state index contributed by atoms with van der Waals surface area (Å²) in [6.07, 6.45) is 4.71. The molecular weight excluding hydrogens is 434 g/mol. The number of piperazine rings is 1. The van der Waals surface area contributed by atoms with E-state index in [0.717, 1.165) is 68.9 Å². The molecule has 0 saturated carbocycles. The van der Waals surface area contributed by atoms with Crippen LogP contribution >= 0.6 is 0 Å². The number of nitrogens with zero attached hydrogens (tertiary/aromatic N) is 5. The molecule has 178 valence electrons. The van der Waals surface area contributed by atoms with E-state index in [2.05, 4.69) is 67.9 Å². The molecule has 2 aliphatic heterocycles. The maximum absolute atomic E-state index is 11.9. The molecule has 4 heterocycles. The van der Waals surface area contributed by atoms with Gasteiger partial charge in [-0.1, -0.05) is 18.2 Å². The first-order valence-electron chi connectivity index (χ1n) is 12.6. The van der Waals surface area contributed by atoms with Gasteiger partial charge in [0, 0.05) is 56.4 Å². The summed E-state index contributed by atoms with van der Waals surface area (Å²) in [5, 5.41) is 1.24. The van der Waals surface area contributed by atoms with Crippen LogP contribution in [0.5, 0.6) is 0 Å². The highest BCUT2D eigenvalue weighted by Crippen LogP contribution is 2.30. The molecule has 35 heavy (non-hydrogen) atoms. The van der Waals surface area contributed by atoms with E-state index >= 15 is 0 Å². The highest BCUT2D eigenvalue weighted by molar-refractivity contribution is 5.93. The Morgan fingerprint density at radius 1 is 0.943 bits per heavy atom. The van der Waals surface area contributed by atoms with Gasteiger partial charge in [0.15, 0.2) is 5.78 Å². The van der Waals surface area contributed by atoms with Crippen molar-refractivity contribution < 1.29 is 4.79 Å². The van der Waals surface area contributed by atoms with Crippen molar-refractivity contribution in [3.8, 4) is 5.69 Å². The summed E-state index contributed by atoms with van der Waals surface area (Å²) in [4.78, 5) is 26.1. The fourth-order valence-electron chi connectivity index (χ4n) is 5.73. The molecule has 1 fully saturated rings. The molecule has 0 bridgehead atoms. The number of ketones is 1. The van der Waals surface area contributed by atoms with E-state index in [1.165, 1.54) is 27.9 Å². The summed E-state index contributed by atoms with van der Waals surface area (Å²) < 4.78 is 2.12. The number of pyridine rings is 1. The number of fused-ring (bicyclic) bond motifs is 4. The molecule has 0 aliphatic carbocycles. The number of anilines is 1. The SMILES string of the molecule is CC(=O)c1ncn2c1CCc1c(CCN3CCN(c4cccc5nc(C)ccc45)CC3)cccc1-2. The van der Waals surface area contributed by atoms with Gasteiger partial charge in [-0.15, -0.1) is 0 Å². The van der Waals surface area contributed by atoms with Crippen molar-refractivity contribution in [3.05, 3.63) is 83.1 Å². The Labute approximate surface area is 206 Å². The number of hydrogen-bond donors (Lipinski definition) is 0. The van der Waals surface area contributed by atoms with Crippen LogP contribution in [0, 0.1) is 6.92 Å². The highest BCUT2D eigenvalue weighted by Gasteiger charge is 2.24. The van der Waals surface area contributed by atoms with Crippen LogP contribution in [0.3, 0.4) is 0 Å². The predicted molar refractivity (Wildman–Crippen MR) is 140 cm³/mol. The lowest BCUT2D eigenvalue weighted by Gasteiger charge is -2.36. The van der Waals surface area contributed by atoms with Crippen molar-refractivity contribution in [3.63, 3.8) is 0 Å². The first-order valence-corrected chi connectivity index (χ1v) is 12.6. The van der Waals surface area contributed by atoms with E-state index in [0.29, 0.717) is 5.69 Å². The van der Waals surface area contributed by atoms with Gasteiger partial charge < -0.3 is 9.47 Å². The van der Waals surface area contributed by atoms with E-state index < -0.39 is 0 Å². The Bertz CT molecular complexity index is 1410. The van der Waals surface area contributed by atoms with Gasteiger partial charge in [0.25, 0.3) is 0 Å². The van der Waals surface area contributed by atoms with E-state index in [1.54, 1.807) is 6.92 Å². The molecule has 2 aromatic heterocycles. The van der Waals surface area contributed by atoms with Crippen LogP contribution in [0.15, 0.2) is 54.9 Å². The fraction of sp³-hybridized carbons (Fsp3) is 0.345. The molecule has 0 amide bonds. The second-order valence-electron chi connectivity index (χ2n) is 9.76. The van der Waals surface area contributed by atoms with Crippen molar-refractivity contribution in [1.29, 1.82) is 0 Å². The standard InChI is InChI=1S/C29H31N5O/c1-20-9-10-24-25(31-20)6-4-7-26(24)33-17-15-32(16-18-33)14-13-22-5-3-8-27-23(22)11-12-28-29(21(2)35)30-19-34(27)28/h3-10,19H,11-18H2,1-2H3. The van der Waals surface area contributed by atoms with Crippen LogP contribution in [0.2, 0.25) is 0 Å². The topological polar surface area (TPSA) is 54.3 Å². The second-order valence-corrected chi connectivity index (χ2v) is 9.76. The molecule has 2 aromatic carbocycles. The van der Waals surface area contributed by atoms with Gasteiger partial charge in [0.2, 0.25) is 0 Å². The first kappa shape index (κ1) is 22.0. The molecule has 6 heteroatoms. The van der Waals surface area contributed by atoms with Gasteiger partial charge >= 0.3 is 0 Å². The normalized spacial score (nSPS) is 15.8. The minimum Gasteiger partial charge on any atom is -0.368 e. The minimum absolute atomic E-state index is 0.0485. The summed E-state index contributed by atoms with van der Waals surface area (Å²) in [5.41, 5.74) is 9.13. The fourth-order valence-corrected chi connectivity index (χ4v) is 5.73. The van der Waals surface area contributed by atoms with E-state index in [9.17, 15) is 4.79 Å². The molecule has 0 atom stereocenters. The van der Waals surface area contributed by atoms with Gasteiger partial charge in [0.1, 0.15) is 12.0 Å². The number of aryl methyl sites for hydroxylation is 1. The van der Waals surface area contributed by atoms with Crippen LogP contribution in [-0.4, -0.2) is 57.9 Å². The van der Waals surface area contributed by atoms with Gasteiger partial charge in [-0.25, -0.2) is 4.98 Å². The Morgan fingerprint density at radius 3 is 2.57 bits per heavy atom. The lowest BCUT2D eigenvalue weighted by Crippen LogP contribution is -2.47. The lowest BCUT2D eigenvalue weighted by atomic mass is 9.93. The monoisotopic (exact) mass is 465 g/mol. The quantitative estimate of drug-likeness (QED) is 0.409. The van der Waals surface area contributed by atoms with Crippen molar-refractivity contribution in [2.24, 2.45) is 0 Å². The van der Waals surface area contributed by atoms with E-state index in [-0.39, 0.29) is 5.78 Å². The van der Waals surface area contributed by atoms with Crippen LogP contribution in [0.1, 0.15) is 39.9 Å². The van der Waals surface area contributed by atoms with Crippen molar-refractivity contribution in [1.82, 2.24) is 19.4 Å². The zero-order chi connectivity index (χ0) is 23.9. The zero-order valence-corrected chi connectivity index (χ0v) is 20.5. The molecule has 4 aromatic rings. The molecular formula is C29H31N5O. The average molecular weight is 466 g/mol. The average Bonchev–Trinajstić information content (AvgIpc) is 3.32. The van der Waals surface area contributed by atoms with E-state index in [1.807, 2.05) is 13.3 Å². The van der Waals surface area contributed by atoms with Gasteiger partial charge in [0.05, 0.1) is 16.9 Å². The molecule has 0 unspecified atom stereocenters. The number of rotatable bonds is 5. The summed E-state index contributed by atoms with van der Waals surface area (Å²) in [7, 11) is 0. The largest absolute Gasteiger partial charge is 0.368 e. The summed E-state index contributed by atoms with van der Waals surface area (Å²) in [6, 6.07) is 17.4. The number of carbonyl (C=O) groups excluding carboxylic acids is 1. The van der Waals surface area contributed by atoms with Gasteiger partial charge in [-0.2, -0.15) is 0 Å². The summed E-state index contributed by atoms with van der Waals surface area (Å²) in [5.74, 6) is 0.0485. The van der Waals surface area contributed by atoms with Crippen LogP contribution in [-0.2, 0) is 19.3 Å². The van der Waals surface area contributed by atoms with Crippen molar-refractivity contribution in [2.75, 3.05) is 37.6 Å². The number of hydrogen-bond acceptors (Lipinski definition) is 5. The maximum atomic E-state index is 11.9. The molecule has 2 aliphatic rings. The van der Waals surface area contributed by atoms with Gasteiger partial charge in [-0.05, 0) is 67.6 Å². The maximum Gasteiger partial charge on any atom is 0.179 e. The van der Waals surface area contributed by atoms with Crippen molar-refractivity contribution >= 4 is 22.4 Å².